The Bertz CT molecular complexity index is 1630. The van der Waals surface area contributed by atoms with Gasteiger partial charge in [0.05, 0.1) is 19.5 Å². The van der Waals surface area contributed by atoms with Gasteiger partial charge in [0.2, 0.25) is 14.1 Å². The van der Waals surface area contributed by atoms with Gasteiger partial charge in [0, 0.05) is 20.6 Å². The third-order valence-electron chi connectivity index (χ3n) is 6.10. The highest BCUT2D eigenvalue weighted by molar-refractivity contribution is 8.02. The molecule has 0 aliphatic carbocycles. The molecule has 4 N–H and O–H groups in total. The average Bonchev–Trinajstić information content (AvgIpc) is 3.01. The molecule has 0 heterocycles. The van der Waals surface area contributed by atoms with Gasteiger partial charge in [-0.1, -0.05) is 12.1 Å². The molecular formula is C27H37N5O9P4S2. The molecule has 0 saturated carbocycles. The highest BCUT2D eigenvalue weighted by Gasteiger charge is 2.25. The summed E-state index contributed by atoms with van der Waals surface area (Å²) in [6.45, 7) is 0.0449. The Kier molecular flexibility index (Phi) is 15.2. The smallest absolute Gasteiger partial charge is 0.339 e. The van der Waals surface area contributed by atoms with Gasteiger partial charge in [-0.3, -0.25) is 14.0 Å². The molecule has 0 spiro atoms. The summed E-state index contributed by atoms with van der Waals surface area (Å²) >= 11 is 11.0. The second-order valence-corrected chi connectivity index (χ2v) is 18.1. The normalized spacial score (nSPS) is 13.5. The summed E-state index contributed by atoms with van der Waals surface area (Å²) in [7, 11) is -7.67. The molecule has 0 saturated heterocycles. The zero-order valence-corrected chi connectivity index (χ0v) is 31.1. The fourth-order valence-corrected chi connectivity index (χ4v) is 7.55. The molecule has 3 aromatic rings. The Morgan fingerprint density at radius 3 is 1.47 bits per heavy atom. The van der Waals surface area contributed by atoms with Gasteiger partial charge in [-0.2, -0.15) is 10.2 Å². The summed E-state index contributed by atoms with van der Waals surface area (Å²) in [6, 6.07) is 21.7. The molecule has 0 aliphatic rings. The number of hydrogen-bond donors (Lipinski definition) is 4. The zero-order chi connectivity index (χ0) is 34.6. The summed E-state index contributed by atoms with van der Waals surface area (Å²) in [4.78, 5) is 38.0. The van der Waals surface area contributed by atoms with Gasteiger partial charge in [0.1, 0.15) is 29.8 Å². The summed E-state index contributed by atoms with van der Waals surface area (Å²) in [6.07, 6.45) is 2.17. The standard InChI is InChI=1S/C27H37N5O9P4S2/c1-30(28-18-23-6-10-25(39-3)11-7-23)43(47)41-27-14-8-24(9-15-27)19-29-31(2)42(46)40-26-12-4-22(5-13-26)16-17-32(20-44(33,34)35)21-45(36,37)38/h4-15,18-19,42-43H,16-17,20-21H2,1-3H3,(H2,33,34,35)(H2,36,37,38)/b28-18+,29-19+. The summed E-state index contributed by atoms with van der Waals surface area (Å²) < 4.78 is 42.9. The van der Waals surface area contributed by atoms with Crippen LogP contribution >= 0.6 is 29.3 Å². The van der Waals surface area contributed by atoms with Crippen LogP contribution in [0.5, 0.6) is 17.2 Å². The molecule has 256 valence electrons. The van der Waals surface area contributed by atoms with Crippen LogP contribution in [-0.4, -0.2) is 86.8 Å². The molecule has 0 bridgehead atoms. The van der Waals surface area contributed by atoms with Crippen LogP contribution in [0.2, 0.25) is 0 Å². The van der Waals surface area contributed by atoms with Gasteiger partial charge < -0.3 is 33.4 Å². The molecule has 2 unspecified atom stereocenters. The largest absolute Gasteiger partial charge is 0.497 e. The first-order chi connectivity index (χ1) is 22.1. The molecule has 47 heavy (non-hydrogen) atoms. The van der Waals surface area contributed by atoms with Crippen LogP contribution in [0.15, 0.2) is 83.0 Å². The van der Waals surface area contributed by atoms with Gasteiger partial charge in [-0.25, -0.2) is 9.56 Å². The van der Waals surface area contributed by atoms with Crippen molar-refractivity contribution in [3.8, 4) is 17.2 Å². The third kappa shape index (κ3) is 15.1. The van der Waals surface area contributed by atoms with Crippen LogP contribution in [-0.2, 0) is 39.2 Å². The van der Waals surface area contributed by atoms with Crippen molar-refractivity contribution < 1.29 is 42.5 Å². The van der Waals surface area contributed by atoms with E-state index in [1.165, 1.54) is 0 Å². The second-order valence-electron chi connectivity index (χ2n) is 10.0. The summed E-state index contributed by atoms with van der Waals surface area (Å²) in [5.74, 6) is 1.90. The van der Waals surface area contributed by atoms with E-state index in [0.29, 0.717) is 17.9 Å². The minimum atomic E-state index is -4.49. The third-order valence-corrected chi connectivity index (χ3v) is 11.8. The molecule has 20 heteroatoms. The van der Waals surface area contributed by atoms with Crippen molar-refractivity contribution in [2.24, 2.45) is 10.2 Å². The Labute approximate surface area is 285 Å². The second kappa shape index (κ2) is 18.4. The van der Waals surface area contributed by atoms with Crippen molar-refractivity contribution in [3.05, 3.63) is 89.5 Å². The molecule has 0 aromatic heterocycles. The first-order valence-corrected chi connectivity index (χ1v) is 22.3. The number of methoxy groups -OCH3 is 1. The van der Waals surface area contributed by atoms with E-state index in [4.69, 9.17) is 37.4 Å². The number of ether oxygens (including phenoxy) is 1. The van der Waals surface area contributed by atoms with Crippen LogP contribution in [0.25, 0.3) is 0 Å². The highest BCUT2D eigenvalue weighted by atomic mass is 32.4. The van der Waals surface area contributed by atoms with E-state index in [1.54, 1.807) is 79.6 Å². The quantitative estimate of drug-likeness (QED) is 0.0809. The Morgan fingerprint density at radius 1 is 0.702 bits per heavy atom. The number of hydrazone groups is 2. The maximum absolute atomic E-state index is 11.4. The Balaban J connectivity index is 1.47. The fourth-order valence-electron chi connectivity index (χ4n) is 3.77. The van der Waals surface area contributed by atoms with Gasteiger partial charge in [-0.15, -0.1) is 0 Å². The molecular weight excluding hydrogens is 726 g/mol. The summed E-state index contributed by atoms with van der Waals surface area (Å²) in [5, 5.41) is 8.79. The molecule has 0 fully saturated rings. The zero-order valence-electron chi connectivity index (χ0n) is 25.7. The van der Waals surface area contributed by atoms with Crippen LogP contribution < -0.4 is 13.8 Å². The van der Waals surface area contributed by atoms with Crippen LogP contribution in [0.3, 0.4) is 0 Å². The predicted octanol–water partition coefficient (Wildman–Crippen LogP) is 4.51. The van der Waals surface area contributed by atoms with E-state index in [2.05, 4.69) is 10.2 Å². The number of benzene rings is 3. The number of rotatable bonds is 18. The fraction of sp³-hybridized carbons (Fsp3) is 0.259. The molecule has 14 nitrogen and oxygen atoms in total. The number of nitrogens with zero attached hydrogens (tertiary/aromatic N) is 5. The molecule has 0 amide bonds. The Hall–Kier alpha value is -2.44. The van der Waals surface area contributed by atoms with E-state index in [-0.39, 0.29) is 6.54 Å². The molecule has 2 atom stereocenters. The van der Waals surface area contributed by atoms with Crippen molar-refractivity contribution in [2.45, 2.75) is 6.42 Å². The van der Waals surface area contributed by atoms with Gasteiger partial charge in [-0.05, 0) is 107 Å². The maximum Gasteiger partial charge on any atom is 0.339 e. The first kappa shape index (κ1) is 39.0. The molecule has 3 rings (SSSR count). The maximum atomic E-state index is 11.4. The van der Waals surface area contributed by atoms with Crippen molar-refractivity contribution in [3.63, 3.8) is 0 Å². The van der Waals surface area contributed by atoms with Crippen LogP contribution in [0, 0.1) is 0 Å². The average molecular weight is 764 g/mol. The van der Waals surface area contributed by atoms with Gasteiger partial charge in [0.25, 0.3) is 0 Å². The topological polar surface area (TPSA) is 177 Å². The van der Waals surface area contributed by atoms with Crippen molar-refractivity contribution in [1.82, 2.24) is 14.5 Å². The van der Waals surface area contributed by atoms with Crippen LogP contribution in [0.1, 0.15) is 16.7 Å². The monoisotopic (exact) mass is 763 g/mol. The minimum absolute atomic E-state index is 0.0449. The highest BCUT2D eigenvalue weighted by Crippen LogP contribution is 2.41. The lowest BCUT2D eigenvalue weighted by molar-refractivity contribution is 0.279. The molecule has 3 aromatic carbocycles. The van der Waals surface area contributed by atoms with Gasteiger partial charge >= 0.3 is 15.2 Å². The SMILES string of the molecule is COc1ccc(/C=N/N(C)[PH](=S)Oc2ccc(/C=N/N(C)[PH](=S)Oc3ccc(CCN(CP(=O)(O)O)CP(=O)(O)O)cc3)cc2)cc1. The minimum Gasteiger partial charge on any atom is -0.497 e. The lowest BCUT2D eigenvalue weighted by Gasteiger charge is -2.23. The predicted molar refractivity (Wildman–Crippen MR) is 193 cm³/mol. The van der Waals surface area contributed by atoms with Crippen molar-refractivity contribution in [1.29, 1.82) is 0 Å². The van der Waals surface area contributed by atoms with Crippen molar-refractivity contribution >= 4 is 65.4 Å². The first-order valence-electron chi connectivity index (χ1n) is 13.7. The summed E-state index contributed by atoms with van der Waals surface area (Å²) in [5.41, 5.74) is 2.51. The van der Waals surface area contributed by atoms with E-state index >= 15 is 0 Å². The molecule has 0 aliphatic heterocycles. The molecule has 0 radical (unpaired) electrons. The van der Waals surface area contributed by atoms with Crippen molar-refractivity contribution in [2.75, 3.05) is 40.3 Å². The Morgan fingerprint density at radius 2 is 1.09 bits per heavy atom. The van der Waals surface area contributed by atoms with E-state index < -0.39 is 41.9 Å². The lowest BCUT2D eigenvalue weighted by atomic mass is 10.1. The van der Waals surface area contributed by atoms with E-state index in [0.717, 1.165) is 27.3 Å². The van der Waals surface area contributed by atoms with E-state index in [9.17, 15) is 28.7 Å². The van der Waals surface area contributed by atoms with E-state index in [1.807, 2.05) is 36.4 Å². The number of hydrogen-bond acceptors (Lipinski definition) is 10. The lowest BCUT2D eigenvalue weighted by Crippen LogP contribution is -2.28. The van der Waals surface area contributed by atoms with Crippen LogP contribution in [0.4, 0.5) is 0 Å². The van der Waals surface area contributed by atoms with Gasteiger partial charge in [0.15, 0.2) is 0 Å².